The van der Waals surface area contributed by atoms with Gasteiger partial charge in [-0.15, -0.1) is 0 Å². The number of carbonyl (C=O) groups is 2. The second kappa shape index (κ2) is 5.67. The molecule has 0 spiro atoms. The van der Waals surface area contributed by atoms with Gasteiger partial charge in [0.15, 0.2) is 0 Å². The van der Waals surface area contributed by atoms with Gasteiger partial charge in [-0.1, -0.05) is 12.1 Å². The molecule has 0 radical (unpaired) electrons. The van der Waals surface area contributed by atoms with Gasteiger partial charge >= 0.3 is 0 Å². The highest BCUT2D eigenvalue weighted by atomic mass is 16.3. The predicted molar refractivity (Wildman–Crippen MR) is 67.2 cm³/mol. The number of rotatable bonds is 3. The van der Waals surface area contributed by atoms with Crippen LogP contribution in [0.4, 0.5) is 0 Å². The molecule has 1 aromatic carbocycles. The number of amides is 1. The molecule has 1 amide bonds. The Morgan fingerprint density at radius 1 is 1.17 bits per heavy atom. The summed E-state index contributed by atoms with van der Waals surface area (Å²) >= 11 is 0. The second-order valence-corrected chi connectivity index (χ2v) is 4.59. The van der Waals surface area contributed by atoms with Crippen molar-refractivity contribution < 1.29 is 14.7 Å². The van der Waals surface area contributed by atoms with E-state index in [0.29, 0.717) is 38.8 Å². The van der Waals surface area contributed by atoms with E-state index in [4.69, 9.17) is 5.11 Å². The topological polar surface area (TPSA) is 57.6 Å². The Kier molecular flexibility index (Phi) is 3.97. The number of phenolic OH excluding ortho intramolecular Hbond substituents is 1. The van der Waals surface area contributed by atoms with Gasteiger partial charge in [0.25, 0.3) is 0 Å². The third-order valence-corrected chi connectivity index (χ3v) is 3.24. The maximum atomic E-state index is 11.9. The summed E-state index contributed by atoms with van der Waals surface area (Å²) in [6.07, 6.45) is 2.11. The lowest BCUT2D eigenvalue weighted by molar-refractivity contribution is -0.134. The van der Waals surface area contributed by atoms with Gasteiger partial charge in [0.1, 0.15) is 11.5 Å². The van der Waals surface area contributed by atoms with Crippen LogP contribution in [0.2, 0.25) is 0 Å². The lowest BCUT2D eigenvalue weighted by Crippen LogP contribution is -2.38. The first-order valence-electron chi connectivity index (χ1n) is 6.22. The van der Waals surface area contributed by atoms with E-state index in [1.54, 1.807) is 17.0 Å². The Bertz CT molecular complexity index is 429. The molecule has 4 nitrogen and oxygen atoms in total. The number of piperidine rings is 1. The van der Waals surface area contributed by atoms with E-state index in [1.165, 1.54) is 0 Å². The fourth-order valence-electron chi connectivity index (χ4n) is 2.08. The van der Waals surface area contributed by atoms with Crippen molar-refractivity contribution in [1.82, 2.24) is 4.90 Å². The molecule has 1 saturated heterocycles. The summed E-state index contributed by atoms with van der Waals surface area (Å²) in [5.74, 6) is 0.591. The molecule has 1 aliphatic rings. The number of likely N-dealkylation sites (tertiary alicyclic amines) is 1. The Balaban J connectivity index is 1.81. The quantitative estimate of drug-likeness (QED) is 0.881. The first-order chi connectivity index (χ1) is 8.65. The number of hydrogen-bond acceptors (Lipinski definition) is 3. The van der Waals surface area contributed by atoms with Crippen molar-refractivity contribution in [2.45, 2.75) is 25.7 Å². The molecule has 0 aromatic heterocycles. The number of Topliss-reactive ketones (excluding diaryl/α,β-unsaturated/α-hetero) is 1. The standard InChI is InChI=1S/C14H17NO3/c16-12-4-1-11(2-5-12)3-6-14(18)15-9-7-13(17)8-10-15/h1-2,4-5,16H,3,6-10H2. The van der Waals surface area contributed by atoms with Crippen LogP contribution in [0, 0.1) is 0 Å². The molecule has 18 heavy (non-hydrogen) atoms. The van der Waals surface area contributed by atoms with Crippen molar-refractivity contribution in [3.8, 4) is 5.75 Å². The largest absolute Gasteiger partial charge is 0.508 e. The summed E-state index contributed by atoms with van der Waals surface area (Å²) in [6.45, 7) is 1.13. The van der Waals surface area contributed by atoms with E-state index in [-0.39, 0.29) is 17.4 Å². The first-order valence-corrected chi connectivity index (χ1v) is 6.22. The molecule has 0 aliphatic carbocycles. The number of nitrogens with zero attached hydrogens (tertiary/aromatic N) is 1. The summed E-state index contributed by atoms with van der Waals surface area (Å²) in [4.78, 5) is 24.8. The molecule has 96 valence electrons. The lowest BCUT2D eigenvalue weighted by Gasteiger charge is -2.26. The molecule has 1 aliphatic heterocycles. The van der Waals surface area contributed by atoms with Crippen molar-refractivity contribution in [3.05, 3.63) is 29.8 Å². The third kappa shape index (κ3) is 3.32. The molecule has 0 atom stereocenters. The highest BCUT2D eigenvalue weighted by Crippen LogP contribution is 2.13. The SMILES string of the molecule is O=C1CCN(C(=O)CCc2ccc(O)cc2)CC1. The minimum atomic E-state index is 0.107. The third-order valence-electron chi connectivity index (χ3n) is 3.24. The van der Waals surface area contributed by atoms with Crippen LogP contribution in [0.1, 0.15) is 24.8 Å². The van der Waals surface area contributed by atoms with E-state index in [2.05, 4.69) is 0 Å². The Labute approximate surface area is 106 Å². The van der Waals surface area contributed by atoms with Crippen LogP contribution in [-0.2, 0) is 16.0 Å². The molecule has 1 aromatic rings. The van der Waals surface area contributed by atoms with Gasteiger partial charge in [0.2, 0.25) is 5.91 Å². The maximum absolute atomic E-state index is 11.9. The van der Waals surface area contributed by atoms with Crippen LogP contribution in [0.25, 0.3) is 0 Å². The van der Waals surface area contributed by atoms with Gasteiger partial charge in [-0.25, -0.2) is 0 Å². The van der Waals surface area contributed by atoms with Crippen molar-refractivity contribution in [2.75, 3.05) is 13.1 Å². The molecule has 0 bridgehead atoms. The number of hydrogen-bond donors (Lipinski definition) is 1. The normalized spacial score (nSPS) is 15.8. The summed E-state index contributed by atoms with van der Waals surface area (Å²) in [5.41, 5.74) is 1.04. The number of benzene rings is 1. The monoisotopic (exact) mass is 247 g/mol. The van der Waals surface area contributed by atoms with Gasteiger partial charge in [-0.05, 0) is 24.1 Å². The zero-order chi connectivity index (χ0) is 13.0. The average molecular weight is 247 g/mol. The molecular weight excluding hydrogens is 230 g/mol. The maximum Gasteiger partial charge on any atom is 0.222 e. The Hall–Kier alpha value is -1.84. The van der Waals surface area contributed by atoms with Crippen LogP contribution in [0.3, 0.4) is 0 Å². The molecule has 0 saturated carbocycles. The number of phenols is 1. The van der Waals surface area contributed by atoms with Crippen LogP contribution in [0.15, 0.2) is 24.3 Å². The van der Waals surface area contributed by atoms with Gasteiger partial charge in [0.05, 0.1) is 0 Å². The van der Waals surface area contributed by atoms with E-state index in [0.717, 1.165) is 5.56 Å². The van der Waals surface area contributed by atoms with E-state index in [1.807, 2.05) is 12.1 Å². The Morgan fingerprint density at radius 3 is 2.39 bits per heavy atom. The Morgan fingerprint density at radius 2 is 1.78 bits per heavy atom. The van der Waals surface area contributed by atoms with E-state index >= 15 is 0 Å². The van der Waals surface area contributed by atoms with Gasteiger partial charge in [0, 0.05) is 32.4 Å². The van der Waals surface area contributed by atoms with Gasteiger partial charge in [-0.3, -0.25) is 9.59 Å². The summed E-state index contributed by atoms with van der Waals surface area (Å²) in [6, 6.07) is 6.89. The highest BCUT2D eigenvalue weighted by molar-refractivity contribution is 5.83. The minimum Gasteiger partial charge on any atom is -0.508 e. The zero-order valence-electron chi connectivity index (χ0n) is 10.3. The van der Waals surface area contributed by atoms with Gasteiger partial charge < -0.3 is 10.0 Å². The fraction of sp³-hybridized carbons (Fsp3) is 0.429. The second-order valence-electron chi connectivity index (χ2n) is 4.59. The van der Waals surface area contributed by atoms with Crippen LogP contribution in [0.5, 0.6) is 5.75 Å². The predicted octanol–water partition coefficient (Wildman–Crippen LogP) is 1.52. The molecule has 0 unspecified atom stereocenters. The van der Waals surface area contributed by atoms with Crippen molar-refractivity contribution in [3.63, 3.8) is 0 Å². The summed E-state index contributed by atoms with van der Waals surface area (Å²) in [5, 5.41) is 9.16. The summed E-state index contributed by atoms with van der Waals surface area (Å²) in [7, 11) is 0. The van der Waals surface area contributed by atoms with Crippen molar-refractivity contribution >= 4 is 11.7 Å². The average Bonchev–Trinajstić information content (AvgIpc) is 2.38. The number of aromatic hydroxyl groups is 1. The van der Waals surface area contributed by atoms with Gasteiger partial charge in [-0.2, -0.15) is 0 Å². The van der Waals surface area contributed by atoms with E-state index < -0.39 is 0 Å². The highest BCUT2D eigenvalue weighted by Gasteiger charge is 2.20. The number of aryl methyl sites for hydroxylation is 1. The lowest BCUT2D eigenvalue weighted by atomic mass is 10.1. The van der Waals surface area contributed by atoms with Crippen LogP contribution < -0.4 is 0 Å². The minimum absolute atomic E-state index is 0.107. The van der Waals surface area contributed by atoms with Crippen LogP contribution >= 0.6 is 0 Å². The molecule has 1 N–H and O–H groups in total. The van der Waals surface area contributed by atoms with E-state index in [9.17, 15) is 9.59 Å². The number of ketones is 1. The molecule has 2 rings (SSSR count). The number of carbonyl (C=O) groups excluding carboxylic acids is 2. The molecule has 1 heterocycles. The first kappa shape index (κ1) is 12.6. The molecular formula is C14H17NO3. The molecule has 1 fully saturated rings. The summed E-state index contributed by atoms with van der Waals surface area (Å²) < 4.78 is 0. The van der Waals surface area contributed by atoms with Crippen molar-refractivity contribution in [2.24, 2.45) is 0 Å². The smallest absolute Gasteiger partial charge is 0.222 e. The van der Waals surface area contributed by atoms with Crippen molar-refractivity contribution in [1.29, 1.82) is 0 Å². The molecule has 4 heteroatoms. The fourth-order valence-corrected chi connectivity index (χ4v) is 2.08. The van der Waals surface area contributed by atoms with Crippen LogP contribution in [-0.4, -0.2) is 34.8 Å². The zero-order valence-corrected chi connectivity index (χ0v) is 10.3.